The number of hydrogen-bond donors (Lipinski definition) is 3. The molecule has 186 valence electrons. The van der Waals surface area contributed by atoms with Gasteiger partial charge in [-0.25, -0.2) is 0 Å². The number of aliphatic hydroxyl groups excluding tert-OH is 3. The van der Waals surface area contributed by atoms with Gasteiger partial charge in [0.2, 0.25) is 0 Å². The maximum Gasteiger partial charge on any atom is 0.0811 e. The van der Waals surface area contributed by atoms with E-state index in [4.69, 9.17) is 0 Å². The van der Waals surface area contributed by atoms with E-state index in [1.807, 2.05) is 0 Å². The van der Waals surface area contributed by atoms with Crippen molar-refractivity contribution in [2.75, 3.05) is 0 Å². The summed E-state index contributed by atoms with van der Waals surface area (Å²) >= 11 is 0. The van der Waals surface area contributed by atoms with Crippen LogP contribution in [-0.2, 0) is 0 Å². The van der Waals surface area contributed by atoms with Crippen molar-refractivity contribution < 1.29 is 15.3 Å². The van der Waals surface area contributed by atoms with Gasteiger partial charge in [0.1, 0.15) is 0 Å². The van der Waals surface area contributed by atoms with Crippen LogP contribution in [0.4, 0.5) is 0 Å². The van der Waals surface area contributed by atoms with Crippen molar-refractivity contribution in [3.05, 3.63) is 47.6 Å². The maximum absolute atomic E-state index is 10.5. The highest BCUT2D eigenvalue weighted by Gasteiger charge is 2.50. The van der Waals surface area contributed by atoms with Crippen LogP contribution in [0.1, 0.15) is 91.9 Å². The summed E-state index contributed by atoms with van der Waals surface area (Å²) in [5, 5.41) is 30.8. The first kappa shape index (κ1) is 26.4. The molecule has 3 heteroatoms. The van der Waals surface area contributed by atoms with Gasteiger partial charge >= 0.3 is 0 Å². The van der Waals surface area contributed by atoms with Gasteiger partial charge in [-0.05, 0) is 85.2 Å². The van der Waals surface area contributed by atoms with E-state index in [0.29, 0.717) is 41.9 Å². The largest absolute Gasteiger partial charge is 0.393 e. The first-order valence-corrected chi connectivity index (χ1v) is 13.5. The van der Waals surface area contributed by atoms with E-state index in [1.54, 1.807) is 0 Å². The monoisotopic (exact) mass is 456 g/mol. The fourth-order valence-corrected chi connectivity index (χ4v) is 7.09. The van der Waals surface area contributed by atoms with E-state index in [0.717, 1.165) is 36.8 Å². The number of fused-ring (bicyclic) bond motifs is 1. The van der Waals surface area contributed by atoms with Crippen molar-refractivity contribution in [3.63, 3.8) is 0 Å². The highest BCUT2D eigenvalue weighted by Crippen LogP contribution is 2.59. The molecule has 3 aliphatic carbocycles. The Balaban J connectivity index is 1.70. The third-order valence-corrected chi connectivity index (χ3v) is 9.30. The lowest BCUT2D eigenvalue weighted by Gasteiger charge is -2.44. The minimum atomic E-state index is -0.626. The molecule has 0 spiro atoms. The van der Waals surface area contributed by atoms with Crippen LogP contribution in [0.15, 0.2) is 47.6 Å². The van der Waals surface area contributed by atoms with Crippen molar-refractivity contribution in [2.24, 2.45) is 29.1 Å². The zero-order valence-electron chi connectivity index (χ0n) is 21.5. The van der Waals surface area contributed by atoms with Gasteiger partial charge in [0.05, 0.1) is 18.3 Å². The van der Waals surface area contributed by atoms with Crippen molar-refractivity contribution >= 4 is 0 Å². The van der Waals surface area contributed by atoms with Gasteiger partial charge in [-0.15, -0.1) is 0 Å². The molecule has 7 atom stereocenters. The molecular weight excluding hydrogens is 408 g/mol. The molecule has 0 bridgehead atoms. The number of aliphatic hydroxyl groups is 3. The Morgan fingerprint density at radius 1 is 1.12 bits per heavy atom. The van der Waals surface area contributed by atoms with Gasteiger partial charge in [0, 0.05) is 6.42 Å². The highest BCUT2D eigenvalue weighted by molar-refractivity contribution is 5.38. The summed E-state index contributed by atoms with van der Waals surface area (Å²) in [6.07, 6.45) is 17.6. The smallest absolute Gasteiger partial charge is 0.0811 e. The van der Waals surface area contributed by atoms with E-state index < -0.39 is 12.2 Å². The summed E-state index contributed by atoms with van der Waals surface area (Å²) in [5.74, 6) is 2.32. The average molecular weight is 457 g/mol. The minimum absolute atomic E-state index is 0.301. The molecule has 0 radical (unpaired) electrons. The Bertz CT molecular complexity index is 759. The third-order valence-electron chi connectivity index (χ3n) is 9.30. The van der Waals surface area contributed by atoms with Crippen LogP contribution in [0.3, 0.4) is 0 Å². The molecule has 0 amide bonds. The topological polar surface area (TPSA) is 60.7 Å². The third kappa shape index (κ3) is 6.10. The van der Waals surface area contributed by atoms with E-state index in [-0.39, 0.29) is 6.10 Å². The molecule has 0 unspecified atom stereocenters. The number of hydrogen-bond acceptors (Lipinski definition) is 3. The molecule has 3 nitrogen and oxygen atoms in total. The summed E-state index contributed by atoms with van der Waals surface area (Å²) in [5.41, 5.74) is 3.60. The lowest BCUT2D eigenvalue weighted by Crippen LogP contribution is -2.35. The van der Waals surface area contributed by atoms with Crippen LogP contribution >= 0.6 is 0 Å². The summed E-state index contributed by atoms with van der Waals surface area (Å²) in [4.78, 5) is 0. The van der Waals surface area contributed by atoms with Crippen LogP contribution < -0.4 is 0 Å². The zero-order valence-corrected chi connectivity index (χ0v) is 21.5. The van der Waals surface area contributed by atoms with Crippen molar-refractivity contribution in [1.29, 1.82) is 0 Å². The zero-order chi connectivity index (χ0) is 24.2. The Hall–Kier alpha value is -1.16. The fraction of sp³-hybridized carbons (Fsp3) is 0.733. The van der Waals surface area contributed by atoms with Crippen LogP contribution in [0.2, 0.25) is 0 Å². The van der Waals surface area contributed by atoms with Crippen molar-refractivity contribution in [2.45, 2.75) is 110 Å². The molecule has 0 aromatic carbocycles. The summed E-state index contributed by atoms with van der Waals surface area (Å²) < 4.78 is 0. The maximum atomic E-state index is 10.5. The molecule has 0 aromatic heterocycles. The fourth-order valence-electron chi connectivity index (χ4n) is 7.09. The predicted octanol–water partition coefficient (Wildman–Crippen LogP) is 6.51. The highest BCUT2D eigenvalue weighted by atomic mass is 16.3. The Morgan fingerprint density at radius 2 is 1.85 bits per heavy atom. The second kappa shape index (κ2) is 11.5. The van der Waals surface area contributed by atoms with Gasteiger partial charge in [-0.3, -0.25) is 0 Å². The van der Waals surface area contributed by atoms with Crippen LogP contribution in [0.25, 0.3) is 0 Å². The normalized spacial score (nSPS) is 37.3. The van der Waals surface area contributed by atoms with Crippen molar-refractivity contribution in [1.82, 2.24) is 0 Å². The molecule has 0 aromatic rings. The second-order valence-electron chi connectivity index (χ2n) is 11.4. The molecule has 0 saturated heterocycles. The molecule has 3 aliphatic rings. The van der Waals surface area contributed by atoms with E-state index in [1.165, 1.54) is 31.3 Å². The SMILES string of the molecule is C=C1/C(=C\C=C2/CCC[C@]3(C)[C@@H]([C@H](C)/C=C/[C@H](O)CC(CC)CC)CC[C@@H]23)C[C@@H](O)C[C@@H]1O. The van der Waals surface area contributed by atoms with E-state index in [2.05, 4.69) is 58.6 Å². The first-order valence-electron chi connectivity index (χ1n) is 13.5. The molecule has 0 heterocycles. The molecule has 33 heavy (non-hydrogen) atoms. The Kier molecular flexibility index (Phi) is 9.23. The minimum Gasteiger partial charge on any atom is -0.393 e. The average Bonchev–Trinajstić information content (AvgIpc) is 3.14. The Morgan fingerprint density at radius 3 is 2.55 bits per heavy atom. The van der Waals surface area contributed by atoms with Gasteiger partial charge in [0.15, 0.2) is 0 Å². The molecule has 3 fully saturated rings. The summed E-state index contributed by atoms with van der Waals surface area (Å²) in [6, 6.07) is 0. The molecular formula is C30H48O3. The lowest BCUT2D eigenvalue weighted by molar-refractivity contribution is 0.0862. The van der Waals surface area contributed by atoms with Crippen LogP contribution in [-0.4, -0.2) is 33.6 Å². The van der Waals surface area contributed by atoms with Gasteiger partial charge in [-0.1, -0.05) is 77.0 Å². The standard InChI is InChI=1S/C30H48O3/c1-6-22(7-2)17-25(31)13-10-20(3)27-14-15-28-23(9-8-16-30(27,28)5)11-12-24-18-26(32)19-29(33)21(24)4/h10-13,20,22,25-29,31-33H,4,6-9,14-19H2,1-3,5H3/b13-10+,23-11+,24-12-/t20-,25+,26-,27-,28+,29+,30-/m1/s1. The van der Waals surface area contributed by atoms with Crippen molar-refractivity contribution in [3.8, 4) is 0 Å². The molecule has 3 saturated carbocycles. The summed E-state index contributed by atoms with van der Waals surface area (Å²) in [7, 11) is 0. The van der Waals surface area contributed by atoms with Gasteiger partial charge < -0.3 is 15.3 Å². The van der Waals surface area contributed by atoms with Gasteiger partial charge in [0.25, 0.3) is 0 Å². The van der Waals surface area contributed by atoms with Crippen LogP contribution in [0, 0.1) is 29.1 Å². The molecule has 0 aliphatic heterocycles. The van der Waals surface area contributed by atoms with Gasteiger partial charge in [-0.2, -0.15) is 0 Å². The second-order valence-corrected chi connectivity index (χ2v) is 11.4. The van der Waals surface area contributed by atoms with Crippen LogP contribution in [0.5, 0.6) is 0 Å². The number of rotatable bonds is 8. The predicted molar refractivity (Wildman–Crippen MR) is 138 cm³/mol. The Labute approximate surface area is 202 Å². The van der Waals surface area contributed by atoms with E-state index >= 15 is 0 Å². The lowest BCUT2D eigenvalue weighted by atomic mass is 9.61. The summed E-state index contributed by atoms with van der Waals surface area (Å²) in [6.45, 7) is 13.3. The molecule has 3 rings (SSSR count). The molecule has 3 N–H and O–H groups in total. The number of allylic oxidation sites excluding steroid dienone is 4. The first-order chi connectivity index (χ1) is 15.7. The van der Waals surface area contributed by atoms with E-state index in [9.17, 15) is 15.3 Å². The quantitative estimate of drug-likeness (QED) is 0.365.